The highest BCUT2D eigenvalue weighted by Gasteiger charge is 2.52. The molecule has 0 bridgehead atoms. The molecule has 1 unspecified atom stereocenters. The molecule has 0 aromatic carbocycles. The largest absolute Gasteiger partial charge is 0.598 e. The smallest absolute Gasteiger partial charge is 0.233 e. The number of nitrogens with one attached hydrogen (secondary N) is 3. The number of hydrogen-bond acceptors (Lipinski definition) is 8. The van der Waals surface area contributed by atoms with Gasteiger partial charge in [-0.1, -0.05) is 12.2 Å². The van der Waals surface area contributed by atoms with E-state index < -0.39 is 11.4 Å². The van der Waals surface area contributed by atoms with E-state index in [1.807, 2.05) is 20.8 Å². The zero-order valence-corrected chi connectivity index (χ0v) is 21.3. The molecule has 0 saturated carbocycles. The van der Waals surface area contributed by atoms with Gasteiger partial charge in [-0.2, -0.15) is 15.3 Å². The maximum Gasteiger partial charge on any atom is 0.233 e. The van der Waals surface area contributed by atoms with Gasteiger partial charge in [0.05, 0.1) is 11.4 Å². The predicted molar refractivity (Wildman–Crippen MR) is 132 cm³/mol. The summed E-state index contributed by atoms with van der Waals surface area (Å²) < 4.78 is 16.9. The molecule has 0 radical (unpaired) electrons. The number of anilines is 1. The molecule has 2 aliphatic heterocycles. The lowest BCUT2D eigenvalue weighted by molar-refractivity contribution is 0.180. The first-order valence-corrected chi connectivity index (χ1v) is 13.1. The highest BCUT2D eigenvalue weighted by Crippen LogP contribution is 2.51. The van der Waals surface area contributed by atoms with Gasteiger partial charge in [0.1, 0.15) is 15.4 Å². The van der Waals surface area contributed by atoms with Crippen molar-refractivity contribution in [3.63, 3.8) is 0 Å². The Morgan fingerprint density at radius 2 is 2.09 bits per heavy atom. The maximum atomic E-state index is 13.2. The van der Waals surface area contributed by atoms with Crippen molar-refractivity contribution in [3.8, 4) is 6.07 Å². The summed E-state index contributed by atoms with van der Waals surface area (Å²) in [5.41, 5.74) is 3.00. The fourth-order valence-corrected chi connectivity index (χ4v) is 6.42. The summed E-state index contributed by atoms with van der Waals surface area (Å²) in [5, 5.41) is 20.8. The fourth-order valence-electron chi connectivity index (χ4n) is 5.02. The molecule has 3 N–H and O–H groups in total. The van der Waals surface area contributed by atoms with Crippen LogP contribution in [0.2, 0.25) is 0 Å². The molecule has 5 rings (SSSR count). The van der Waals surface area contributed by atoms with Crippen molar-refractivity contribution in [2.24, 2.45) is 5.41 Å². The lowest BCUT2D eigenvalue weighted by Crippen LogP contribution is -2.53. The molecule has 1 spiro atoms. The van der Waals surface area contributed by atoms with Crippen molar-refractivity contribution in [3.05, 3.63) is 33.7 Å². The molecule has 1 saturated heterocycles. The van der Waals surface area contributed by atoms with Gasteiger partial charge in [0.2, 0.25) is 5.95 Å². The van der Waals surface area contributed by atoms with Crippen LogP contribution in [0.25, 0.3) is 11.0 Å². The Hall–Kier alpha value is -1.97. The summed E-state index contributed by atoms with van der Waals surface area (Å²) in [4.78, 5) is 11.4. The lowest BCUT2D eigenvalue weighted by atomic mass is 9.73. The van der Waals surface area contributed by atoms with E-state index in [-0.39, 0.29) is 21.9 Å². The topological polar surface area (TPSA) is 129 Å². The summed E-state index contributed by atoms with van der Waals surface area (Å²) in [6.07, 6.45) is 7.09. The monoisotopic (exact) mass is 530 g/mol. The molecule has 2 atom stereocenters. The van der Waals surface area contributed by atoms with E-state index in [9.17, 15) is 9.81 Å². The van der Waals surface area contributed by atoms with Gasteiger partial charge >= 0.3 is 0 Å². The number of nitriles is 1. The first-order valence-electron chi connectivity index (χ1n) is 11.1. The number of nitrogens with zero attached hydrogens (tertiary/aromatic N) is 5. The third kappa shape index (κ3) is 3.88. The van der Waals surface area contributed by atoms with Crippen LogP contribution >= 0.6 is 15.9 Å². The van der Waals surface area contributed by atoms with Gasteiger partial charge in [0, 0.05) is 29.0 Å². The maximum absolute atomic E-state index is 13.2. The summed E-state index contributed by atoms with van der Waals surface area (Å²) in [7, 11) is 0. The molecule has 11 heteroatoms. The fraction of sp³-hybridized carbons (Fsp3) is 0.545. The number of H-pyrrole nitrogens is 1. The second-order valence-electron chi connectivity index (χ2n) is 9.86. The molecule has 174 valence electrons. The molecule has 1 aliphatic carbocycles. The van der Waals surface area contributed by atoms with E-state index in [4.69, 9.17) is 0 Å². The van der Waals surface area contributed by atoms with Crippen molar-refractivity contribution >= 4 is 44.3 Å². The Morgan fingerprint density at radius 1 is 1.33 bits per heavy atom. The van der Waals surface area contributed by atoms with E-state index in [2.05, 4.69) is 69.3 Å². The Morgan fingerprint density at radius 3 is 2.79 bits per heavy atom. The lowest BCUT2D eigenvalue weighted by Gasteiger charge is -2.41. The normalized spacial score (nSPS) is 23.3. The van der Waals surface area contributed by atoms with Gasteiger partial charge in [-0.25, -0.2) is 4.98 Å². The molecular weight excluding hydrogens is 504 g/mol. The first kappa shape index (κ1) is 22.8. The summed E-state index contributed by atoms with van der Waals surface area (Å²) in [6.45, 7) is 8.47. The van der Waals surface area contributed by atoms with Gasteiger partial charge < -0.3 is 14.8 Å². The zero-order chi connectivity index (χ0) is 23.4. The number of aromatic amines is 1. The minimum absolute atomic E-state index is 0.0209. The van der Waals surface area contributed by atoms with Gasteiger partial charge in [-0.3, -0.25) is 5.10 Å². The van der Waals surface area contributed by atoms with Crippen LogP contribution in [-0.4, -0.2) is 55.1 Å². The molecule has 0 amide bonds. The van der Waals surface area contributed by atoms with Gasteiger partial charge in [0.15, 0.2) is 11.3 Å². The van der Waals surface area contributed by atoms with Crippen LogP contribution in [0.5, 0.6) is 0 Å². The average molecular weight is 531 g/mol. The highest BCUT2D eigenvalue weighted by molar-refractivity contribution is 9.10. The Balaban J connectivity index is 1.58. The van der Waals surface area contributed by atoms with Gasteiger partial charge in [0.25, 0.3) is 0 Å². The molecule has 1 fully saturated rings. The van der Waals surface area contributed by atoms with Crippen molar-refractivity contribution < 1.29 is 4.55 Å². The summed E-state index contributed by atoms with van der Waals surface area (Å²) in [6, 6.07) is 2.16. The van der Waals surface area contributed by atoms with E-state index in [1.54, 1.807) is 0 Å². The van der Waals surface area contributed by atoms with Crippen LogP contribution in [-0.2, 0) is 11.4 Å². The molecule has 9 nitrogen and oxygen atoms in total. The van der Waals surface area contributed by atoms with Crippen molar-refractivity contribution in [1.29, 1.82) is 5.26 Å². The van der Waals surface area contributed by atoms with Gasteiger partial charge in [-0.15, -0.1) is 4.72 Å². The summed E-state index contributed by atoms with van der Waals surface area (Å²) in [5.74, 6) is 0.469. The van der Waals surface area contributed by atoms with Crippen molar-refractivity contribution in [1.82, 2.24) is 30.2 Å². The quantitative estimate of drug-likeness (QED) is 0.516. The van der Waals surface area contributed by atoms with E-state index in [0.29, 0.717) is 28.1 Å². The molecule has 33 heavy (non-hydrogen) atoms. The minimum Gasteiger partial charge on any atom is -0.598 e. The van der Waals surface area contributed by atoms with Crippen LogP contribution in [0.15, 0.2) is 28.0 Å². The number of allylic oxidation sites excluding steroid dienone is 1. The Labute approximate surface area is 204 Å². The van der Waals surface area contributed by atoms with E-state index >= 15 is 0 Å². The predicted octanol–water partition coefficient (Wildman–Crippen LogP) is 2.81. The molecule has 3 aliphatic rings. The van der Waals surface area contributed by atoms with Crippen molar-refractivity contribution in [2.45, 2.75) is 50.8 Å². The van der Waals surface area contributed by atoms with Crippen LogP contribution in [0.1, 0.15) is 45.7 Å². The van der Waals surface area contributed by atoms with E-state index in [1.165, 1.54) is 0 Å². The van der Waals surface area contributed by atoms with Crippen LogP contribution in [0.4, 0.5) is 5.95 Å². The molecule has 4 heterocycles. The molecule has 2 aromatic heterocycles. The first-order chi connectivity index (χ1) is 15.7. The Bertz CT molecular complexity index is 1190. The zero-order valence-electron chi connectivity index (χ0n) is 18.9. The SMILES string of the molecule is CC(C)(C)[S+]([O-])N[C@@H]1C2=C(CC13CCNCC3)N(c1nc(C#N)c3c(Br)[nH]nc3n1)CC=C2. The second kappa shape index (κ2) is 8.36. The molecular formula is C22H27BrN8OS. The number of fused-ring (bicyclic) bond motifs is 1. The number of piperidine rings is 1. The van der Waals surface area contributed by atoms with Crippen LogP contribution in [0.3, 0.4) is 0 Å². The minimum atomic E-state index is -1.20. The number of hydrogen-bond donors (Lipinski definition) is 3. The van der Waals surface area contributed by atoms with Crippen LogP contribution < -0.4 is 14.9 Å². The Kier molecular flexibility index (Phi) is 5.77. The highest BCUT2D eigenvalue weighted by atomic mass is 79.9. The second-order valence-corrected chi connectivity index (χ2v) is 12.6. The van der Waals surface area contributed by atoms with Crippen molar-refractivity contribution in [2.75, 3.05) is 24.5 Å². The third-order valence-electron chi connectivity index (χ3n) is 6.77. The van der Waals surface area contributed by atoms with Gasteiger partial charge in [-0.05, 0) is 74.6 Å². The van der Waals surface area contributed by atoms with Crippen LogP contribution in [0, 0.1) is 16.7 Å². The number of halogens is 1. The number of rotatable bonds is 3. The third-order valence-corrected chi connectivity index (χ3v) is 8.91. The number of aromatic nitrogens is 4. The summed E-state index contributed by atoms with van der Waals surface area (Å²) >= 11 is 2.20. The van der Waals surface area contributed by atoms with E-state index in [0.717, 1.165) is 43.6 Å². The average Bonchev–Trinajstić information content (AvgIpc) is 3.31. The standard InChI is InChI=1S/C22H27BrN8OS/c1-21(2,3)33(32)30-17-13-5-4-10-31(15(13)11-22(17)6-8-25-9-7-22)20-26-14(12-24)16-18(23)28-29-19(16)27-20/h4-5,17,25,30H,6-11H2,1-3H3,(H,26,27,28,29)/t17-,33?/m1/s1. The molecule has 2 aromatic rings.